The Bertz CT molecular complexity index is 483. The van der Waals surface area contributed by atoms with Gasteiger partial charge in [-0.25, -0.2) is 0 Å². The van der Waals surface area contributed by atoms with E-state index in [1.165, 1.54) is 20.3 Å². The van der Waals surface area contributed by atoms with Crippen LogP contribution in [-0.4, -0.2) is 0 Å². The van der Waals surface area contributed by atoms with Gasteiger partial charge in [0, 0.05) is 5.56 Å². The van der Waals surface area contributed by atoms with Crippen LogP contribution < -0.4 is 21.2 Å². The normalized spacial score (nSPS) is 10.4. The van der Waals surface area contributed by atoms with Crippen molar-refractivity contribution in [1.29, 1.82) is 0 Å². The van der Waals surface area contributed by atoms with Crippen LogP contribution in [0.3, 0.4) is 0 Å². The van der Waals surface area contributed by atoms with E-state index in [2.05, 4.69) is 63.2 Å². The zero-order valence-corrected chi connectivity index (χ0v) is 12.1. The predicted molar refractivity (Wildman–Crippen MR) is 64.5 cm³/mol. The first-order valence-electron chi connectivity index (χ1n) is 5.44. The summed E-state index contributed by atoms with van der Waals surface area (Å²) < 4.78 is 3.04. The SMILES string of the molecule is Cc1ccc([I+]c2cc(C)ccc2C)cc1. The maximum Gasteiger partial charge on any atom is 0.358 e. The highest BCUT2D eigenvalue weighted by Crippen LogP contribution is 2.01. The number of benzene rings is 2. The van der Waals surface area contributed by atoms with Crippen molar-refractivity contribution in [1.82, 2.24) is 0 Å². The topological polar surface area (TPSA) is 0 Å². The molecule has 0 radical (unpaired) electrons. The molecule has 0 aliphatic rings. The number of halogens is 1. The second-order valence-corrected chi connectivity index (χ2v) is 7.09. The van der Waals surface area contributed by atoms with Crippen LogP contribution in [0.25, 0.3) is 0 Å². The summed E-state index contributed by atoms with van der Waals surface area (Å²) in [6, 6.07) is 15.7. The van der Waals surface area contributed by atoms with Gasteiger partial charge in [-0.1, -0.05) is 29.8 Å². The molecule has 2 aromatic carbocycles. The summed E-state index contributed by atoms with van der Waals surface area (Å²) in [5.74, 6) is 0. The molecule has 2 rings (SSSR count). The minimum absolute atomic E-state index is 0.0226. The Kier molecular flexibility index (Phi) is 3.64. The van der Waals surface area contributed by atoms with Gasteiger partial charge in [0.25, 0.3) is 0 Å². The number of hydrogen-bond donors (Lipinski definition) is 0. The molecule has 0 fully saturated rings. The maximum atomic E-state index is 2.34. The van der Waals surface area contributed by atoms with E-state index in [4.69, 9.17) is 0 Å². The molecule has 1 heteroatoms. The van der Waals surface area contributed by atoms with Gasteiger partial charge >= 0.3 is 21.2 Å². The van der Waals surface area contributed by atoms with Crippen molar-refractivity contribution >= 4 is 0 Å². The second kappa shape index (κ2) is 5.00. The van der Waals surface area contributed by atoms with Crippen molar-refractivity contribution in [3.8, 4) is 0 Å². The van der Waals surface area contributed by atoms with Gasteiger partial charge in [0.1, 0.15) is 0 Å². The van der Waals surface area contributed by atoms with Crippen LogP contribution in [0.15, 0.2) is 42.5 Å². The summed E-state index contributed by atoms with van der Waals surface area (Å²) in [6.45, 7) is 6.52. The van der Waals surface area contributed by atoms with Crippen molar-refractivity contribution < 1.29 is 21.2 Å². The Balaban J connectivity index is 2.26. The van der Waals surface area contributed by atoms with Crippen LogP contribution in [0, 0.1) is 27.9 Å². The van der Waals surface area contributed by atoms with Crippen LogP contribution in [-0.2, 0) is 0 Å². The molecule has 0 spiro atoms. The number of hydrogen-bond acceptors (Lipinski definition) is 0. The first kappa shape index (κ1) is 11.6. The summed E-state index contributed by atoms with van der Waals surface area (Å²) in [6.07, 6.45) is 0. The van der Waals surface area contributed by atoms with Crippen LogP contribution in [0.5, 0.6) is 0 Å². The van der Waals surface area contributed by atoms with Crippen molar-refractivity contribution in [2.75, 3.05) is 0 Å². The highest BCUT2D eigenvalue weighted by atomic mass is 127. The Labute approximate surface area is 108 Å². The molecule has 2 aromatic rings. The van der Waals surface area contributed by atoms with E-state index < -0.39 is 0 Å². The Morgan fingerprint density at radius 2 is 1.38 bits per heavy atom. The lowest BCUT2D eigenvalue weighted by molar-refractivity contribution is -0.598. The van der Waals surface area contributed by atoms with E-state index in [1.807, 2.05) is 0 Å². The average molecular weight is 323 g/mol. The molecule has 82 valence electrons. The molecule has 0 N–H and O–H groups in total. The monoisotopic (exact) mass is 323 g/mol. The van der Waals surface area contributed by atoms with E-state index in [1.54, 1.807) is 3.57 Å². The third-order valence-corrected chi connectivity index (χ3v) is 5.63. The lowest BCUT2D eigenvalue weighted by Gasteiger charge is -1.95. The van der Waals surface area contributed by atoms with Crippen molar-refractivity contribution in [3.05, 3.63) is 66.3 Å². The van der Waals surface area contributed by atoms with Crippen molar-refractivity contribution in [2.45, 2.75) is 20.8 Å². The smallest absolute Gasteiger partial charge is 0.0587 e. The third-order valence-electron chi connectivity index (χ3n) is 2.55. The van der Waals surface area contributed by atoms with Gasteiger partial charge in [-0.05, 0) is 44.5 Å². The Morgan fingerprint density at radius 3 is 2.06 bits per heavy atom. The second-order valence-electron chi connectivity index (χ2n) is 4.14. The van der Waals surface area contributed by atoms with Gasteiger partial charge in [0.15, 0.2) is 7.14 Å². The van der Waals surface area contributed by atoms with E-state index in [-0.39, 0.29) is 21.2 Å². The summed E-state index contributed by atoms with van der Waals surface area (Å²) in [5, 5.41) is 0. The van der Waals surface area contributed by atoms with Gasteiger partial charge < -0.3 is 0 Å². The molecule has 0 aromatic heterocycles. The van der Waals surface area contributed by atoms with Crippen LogP contribution >= 0.6 is 0 Å². The van der Waals surface area contributed by atoms with E-state index in [0.717, 1.165) is 0 Å². The standard InChI is InChI=1S/C15H16I/c1-11-5-8-14(9-6-11)16-15-10-12(2)4-7-13(15)3/h4-10H,1-3H3/q+1. The fourth-order valence-electron chi connectivity index (χ4n) is 1.51. The Hall–Kier alpha value is -0.830. The molecule has 0 unspecified atom stereocenters. The maximum absolute atomic E-state index is 2.34. The van der Waals surface area contributed by atoms with Gasteiger partial charge in [0.2, 0.25) is 0 Å². The summed E-state index contributed by atoms with van der Waals surface area (Å²) in [7, 11) is 0. The minimum Gasteiger partial charge on any atom is -0.0587 e. The molecule has 0 atom stereocenters. The molecular weight excluding hydrogens is 307 g/mol. The van der Waals surface area contributed by atoms with Gasteiger partial charge in [0.05, 0.1) is 0 Å². The predicted octanol–water partition coefficient (Wildman–Crippen LogP) is 0.740. The minimum atomic E-state index is -0.0226. The van der Waals surface area contributed by atoms with Crippen LogP contribution in [0.4, 0.5) is 0 Å². The highest BCUT2D eigenvalue weighted by Gasteiger charge is 2.17. The molecule has 0 aliphatic carbocycles. The molecule has 0 saturated carbocycles. The van der Waals surface area contributed by atoms with Gasteiger partial charge in [-0.3, -0.25) is 0 Å². The fraction of sp³-hybridized carbons (Fsp3) is 0.200. The Morgan fingerprint density at radius 1 is 0.750 bits per heavy atom. The molecule has 16 heavy (non-hydrogen) atoms. The largest absolute Gasteiger partial charge is 0.358 e. The summed E-state index contributed by atoms with van der Waals surface area (Å²) in [4.78, 5) is 0. The van der Waals surface area contributed by atoms with Crippen molar-refractivity contribution in [2.24, 2.45) is 0 Å². The zero-order chi connectivity index (χ0) is 11.5. The summed E-state index contributed by atoms with van der Waals surface area (Å²) >= 11 is -0.0226. The molecule has 0 bridgehead atoms. The fourth-order valence-corrected chi connectivity index (χ4v) is 4.16. The van der Waals surface area contributed by atoms with Crippen molar-refractivity contribution in [3.63, 3.8) is 0 Å². The first-order chi connectivity index (χ1) is 7.65. The lowest BCUT2D eigenvalue weighted by atomic mass is 10.2. The van der Waals surface area contributed by atoms with Gasteiger partial charge in [-0.2, -0.15) is 0 Å². The first-order valence-corrected chi connectivity index (χ1v) is 7.59. The van der Waals surface area contributed by atoms with E-state index in [9.17, 15) is 0 Å². The molecule has 0 nitrogen and oxygen atoms in total. The number of aryl methyl sites for hydroxylation is 3. The molecule has 0 heterocycles. The van der Waals surface area contributed by atoms with Crippen LogP contribution in [0.2, 0.25) is 0 Å². The highest BCUT2D eigenvalue weighted by molar-refractivity contribution is 5.19. The van der Waals surface area contributed by atoms with E-state index in [0.29, 0.717) is 0 Å². The quantitative estimate of drug-likeness (QED) is 0.715. The van der Waals surface area contributed by atoms with E-state index >= 15 is 0 Å². The third kappa shape index (κ3) is 2.85. The van der Waals surface area contributed by atoms with Crippen LogP contribution in [0.1, 0.15) is 16.7 Å². The summed E-state index contributed by atoms with van der Waals surface area (Å²) in [5.41, 5.74) is 4.14. The molecule has 0 amide bonds. The molecule has 0 saturated heterocycles. The average Bonchev–Trinajstić information content (AvgIpc) is 2.27. The number of rotatable bonds is 2. The lowest BCUT2D eigenvalue weighted by Crippen LogP contribution is -3.61. The molecule has 0 aliphatic heterocycles. The van der Waals surface area contributed by atoms with Gasteiger partial charge in [-0.15, -0.1) is 0 Å². The zero-order valence-electron chi connectivity index (χ0n) is 9.92. The molecular formula is C15H16I+.